The summed E-state index contributed by atoms with van der Waals surface area (Å²) in [6, 6.07) is 11.0. The molecule has 0 saturated heterocycles. The van der Waals surface area contributed by atoms with Gasteiger partial charge >= 0.3 is 5.97 Å². The predicted octanol–water partition coefficient (Wildman–Crippen LogP) is 4.59. The maximum atomic E-state index is 12.2. The Kier molecular flexibility index (Phi) is 4.78. The number of carbonyl (C=O) groups excluding carboxylic acids is 1. The van der Waals surface area contributed by atoms with E-state index in [0.29, 0.717) is 5.75 Å². The molecule has 0 aliphatic carbocycles. The number of nitro benzene ring substituents is 1. The zero-order chi connectivity index (χ0) is 16.3. The molecule has 0 N–H and O–H groups in total. The van der Waals surface area contributed by atoms with Crippen molar-refractivity contribution in [2.24, 2.45) is 0 Å². The number of nitrogens with zero attached hydrogens (tertiary/aromatic N) is 1. The van der Waals surface area contributed by atoms with Gasteiger partial charge in [0.1, 0.15) is 10.8 Å². The van der Waals surface area contributed by atoms with Crippen LogP contribution < -0.4 is 4.74 Å². The van der Waals surface area contributed by atoms with Crippen molar-refractivity contribution in [2.75, 3.05) is 0 Å². The van der Waals surface area contributed by atoms with Gasteiger partial charge in [-0.05, 0) is 29.7 Å². The van der Waals surface area contributed by atoms with Crippen LogP contribution in [0.15, 0.2) is 42.5 Å². The topological polar surface area (TPSA) is 69.4 Å². The first-order valence-electron chi connectivity index (χ1n) is 6.65. The molecule has 0 aliphatic rings. The van der Waals surface area contributed by atoms with Crippen molar-refractivity contribution in [3.8, 4) is 5.75 Å². The summed E-state index contributed by atoms with van der Waals surface area (Å²) in [4.78, 5) is 22.4. The number of halogens is 1. The lowest BCUT2D eigenvalue weighted by Crippen LogP contribution is -2.10. The van der Waals surface area contributed by atoms with E-state index in [0.717, 1.165) is 11.6 Å². The monoisotopic (exact) mass is 319 g/mol. The van der Waals surface area contributed by atoms with Crippen molar-refractivity contribution in [2.45, 2.75) is 19.8 Å². The van der Waals surface area contributed by atoms with Crippen LogP contribution in [0, 0.1) is 10.1 Å². The van der Waals surface area contributed by atoms with Crippen molar-refractivity contribution in [1.29, 1.82) is 0 Å². The Morgan fingerprint density at radius 2 is 1.91 bits per heavy atom. The zero-order valence-corrected chi connectivity index (χ0v) is 12.8. The largest absolute Gasteiger partial charge is 0.423 e. The Labute approximate surface area is 132 Å². The normalized spacial score (nSPS) is 10.5. The molecule has 0 saturated carbocycles. The summed E-state index contributed by atoms with van der Waals surface area (Å²) in [5.74, 6) is -0.0310. The number of rotatable bonds is 4. The van der Waals surface area contributed by atoms with E-state index in [2.05, 4.69) is 0 Å². The summed E-state index contributed by atoms with van der Waals surface area (Å²) in [5, 5.41) is 10.8. The van der Waals surface area contributed by atoms with Gasteiger partial charge in [0.15, 0.2) is 0 Å². The van der Waals surface area contributed by atoms with E-state index < -0.39 is 10.9 Å². The fraction of sp³-hybridized carbons (Fsp3) is 0.188. The Hall–Kier alpha value is -2.40. The average Bonchev–Trinajstić information content (AvgIpc) is 2.47. The molecule has 0 fully saturated rings. The molecule has 0 unspecified atom stereocenters. The molecule has 5 nitrogen and oxygen atoms in total. The smallest absolute Gasteiger partial charge is 0.343 e. The van der Waals surface area contributed by atoms with Crippen molar-refractivity contribution < 1.29 is 14.5 Å². The Morgan fingerprint density at radius 1 is 1.23 bits per heavy atom. The lowest BCUT2D eigenvalue weighted by molar-refractivity contribution is -0.384. The van der Waals surface area contributed by atoms with Crippen LogP contribution in [0.4, 0.5) is 5.69 Å². The van der Waals surface area contributed by atoms with E-state index in [1.54, 1.807) is 12.1 Å². The van der Waals surface area contributed by atoms with Crippen LogP contribution in [0.25, 0.3) is 0 Å². The molecule has 2 aromatic carbocycles. The van der Waals surface area contributed by atoms with Gasteiger partial charge in [-0.1, -0.05) is 43.6 Å². The maximum Gasteiger partial charge on any atom is 0.343 e. The van der Waals surface area contributed by atoms with Crippen LogP contribution in [0.5, 0.6) is 5.75 Å². The molecule has 0 atom stereocenters. The summed E-state index contributed by atoms with van der Waals surface area (Å²) in [6.45, 7) is 3.97. The fourth-order valence-electron chi connectivity index (χ4n) is 1.99. The number of ether oxygens (including phenoxy) is 1. The summed E-state index contributed by atoms with van der Waals surface area (Å²) in [6.07, 6.45) is 0. The number of nitro groups is 1. The van der Waals surface area contributed by atoms with Crippen LogP contribution >= 0.6 is 11.6 Å². The molecule has 0 aliphatic heterocycles. The van der Waals surface area contributed by atoms with Gasteiger partial charge in [-0.2, -0.15) is 0 Å². The van der Waals surface area contributed by atoms with Gasteiger partial charge in [0.05, 0.1) is 10.5 Å². The third kappa shape index (κ3) is 3.43. The predicted molar refractivity (Wildman–Crippen MR) is 83.6 cm³/mol. The van der Waals surface area contributed by atoms with E-state index >= 15 is 0 Å². The van der Waals surface area contributed by atoms with Gasteiger partial charge in [-0.15, -0.1) is 0 Å². The van der Waals surface area contributed by atoms with Gasteiger partial charge in [0.2, 0.25) is 0 Å². The lowest BCUT2D eigenvalue weighted by Gasteiger charge is -2.12. The summed E-state index contributed by atoms with van der Waals surface area (Å²) >= 11 is 5.73. The highest BCUT2D eigenvalue weighted by Crippen LogP contribution is 2.28. The average molecular weight is 320 g/mol. The minimum atomic E-state index is -0.659. The van der Waals surface area contributed by atoms with Crippen LogP contribution in [-0.2, 0) is 0 Å². The van der Waals surface area contributed by atoms with Gasteiger partial charge in [0.25, 0.3) is 5.69 Å². The Morgan fingerprint density at radius 3 is 2.55 bits per heavy atom. The maximum absolute atomic E-state index is 12.2. The molecule has 0 radical (unpaired) electrons. The number of benzene rings is 2. The SMILES string of the molecule is CC(C)c1ccccc1OC(=O)c1ccc(Cl)c([N+](=O)[O-])c1. The van der Waals surface area contributed by atoms with E-state index in [4.69, 9.17) is 16.3 Å². The van der Waals surface area contributed by atoms with E-state index in [1.807, 2.05) is 26.0 Å². The Bertz CT molecular complexity index is 728. The van der Waals surface area contributed by atoms with E-state index in [9.17, 15) is 14.9 Å². The molecule has 2 rings (SSSR count). The third-order valence-corrected chi connectivity index (χ3v) is 3.44. The molecule has 114 valence electrons. The molecule has 6 heteroatoms. The van der Waals surface area contributed by atoms with Crippen LogP contribution in [0.1, 0.15) is 35.7 Å². The van der Waals surface area contributed by atoms with Gasteiger partial charge < -0.3 is 4.74 Å². The molecule has 0 aromatic heterocycles. The highest BCUT2D eigenvalue weighted by molar-refractivity contribution is 6.32. The number of hydrogen-bond acceptors (Lipinski definition) is 4. The quantitative estimate of drug-likeness (QED) is 0.357. The first-order valence-corrected chi connectivity index (χ1v) is 7.03. The number of esters is 1. The minimum Gasteiger partial charge on any atom is -0.423 e. The second-order valence-electron chi connectivity index (χ2n) is 5.01. The van der Waals surface area contributed by atoms with Crippen molar-refractivity contribution in [3.05, 3.63) is 68.7 Å². The van der Waals surface area contributed by atoms with Gasteiger partial charge in [0, 0.05) is 6.07 Å². The van der Waals surface area contributed by atoms with E-state index in [-0.39, 0.29) is 22.2 Å². The van der Waals surface area contributed by atoms with Crippen molar-refractivity contribution >= 4 is 23.3 Å². The summed E-state index contributed by atoms with van der Waals surface area (Å²) < 4.78 is 5.36. The first-order chi connectivity index (χ1) is 10.4. The van der Waals surface area contributed by atoms with Crippen LogP contribution in [0.2, 0.25) is 5.02 Å². The van der Waals surface area contributed by atoms with Crippen LogP contribution in [0.3, 0.4) is 0 Å². The number of para-hydroxylation sites is 1. The Balaban J connectivity index is 2.31. The molecular formula is C16H14ClNO4. The van der Waals surface area contributed by atoms with Gasteiger partial charge in [-0.3, -0.25) is 10.1 Å². The molecule has 22 heavy (non-hydrogen) atoms. The second kappa shape index (κ2) is 6.58. The fourth-order valence-corrected chi connectivity index (χ4v) is 2.18. The van der Waals surface area contributed by atoms with E-state index in [1.165, 1.54) is 12.1 Å². The first kappa shape index (κ1) is 16.0. The summed E-state index contributed by atoms with van der Waals surface area (Å²) in [7, 11) is 0. The third-order valence-electron chi connectivity index (χ3n) is 3.12. The summed E-state index contributed by atoms with van der Waals surface area (Å²) in [5.41, 5.74) is 0.641. The lowest BCUT2D eigenvalue weighted by atomic mass is 10.0. The zero-order valence-electron chi connectivity index (χ0n) is 12.1. The molecule has 0 amide bonds. The highest BCUT2D eigenvalue weighted by Gasteiger charge is 2.18. The highest BCUT2D eigenvalue weighted by atomic mass is 35.5. The molecule has 0 bridgehead atoms. The molecule has 2 aromatic rings. The second-order valence-corrected chi connectivity index (χ2v) is 5.41. The van der Waals surface area contributed by atoms with Gasteiger partial charge in [-0.25, -0.2) is 4.79 Å². The van der Waals surface area contributed by atoms with Crippen LogP contribution in [-0.4, -0.2) is 10.9 Å². The standard InChI is InChI=1S/C16H14ClNO4/c1-10(2)12-5-3-4-6-15(12)22-16(19)11-7-8-13(17)14(9-11)18(20)21/h3-10H,1-2H3. The molecular weight excluding hydrogens is 306 g/mol. The number of carbonyl (C=O) groups is 1. The molecule has 0 heterocycles. The number of hydrogen-bond donors (Lipinski definition) is 0. The minimum absolute atomic E-state index is 0.0240. The van der Waals surface area contributed by atoms with Crippen molar-refractivity contribution in [1.82, 2.24) is 0 Å². The molecule has 0 spiro atoms. The van der Waals surface area contributed by atoms with Crippen molar-refractivity contribution in [3.63, 3.8) is 0 Å².